The maximum atomic E-state index is 6.06. The van der Waals surface area contributed by atoms with Crippen LogP contribution in [0.15, 0.2) is 36.0 Å². The van der Waals surface area contributed by atoms with Gasteiger partial charge in [0, 0.05) is 0 Å². The van der Waals surface area contributed by atoms with Crippen molar-refractivity contribution in [3.05, 3.63) is 36.0 Å². The number of hydrogen-bond donors (Lipinski definition) is 1. The summed E-state index contributed by atoms with van der Waals surface area (Å²) in [6.45, 7) is 6.57. The molecule has 1 aliphatic rings. The highest BCUT2D eigenvalue weighted by atomic mass is 14.7. The zero-order valence-corrected chi connectivity index (χ0v) is 10.9. The second-order valence-electron chi connectivity index (χ2n) is 5.07. The van der Waals surface area contributed by atoms with E-state index < -0.39 is 0 Å². The molecule has 0 aliphatic heterocycles. The highest BCUT2D eigenvalue weighted by Crippen LogP contribution is 2.23. The first kappa shape index (κ1) is 13.2. The van der Waals surface area contributed by atoms with Gasteiger partial charge in [-0.1, -0.05) is 63.5 Å². The Kier molecular flexibility index (Phi) is 5.01. The Labute approximate surface area is 100 Å². The van der Waals surface area contributed by atoms with Crippen molar-refractivity contribution in [3.8, 4) is 0 Å². The van der Waals surface area contributed by atoms with Crippen molar-refractivity contribution in [2.75, 3.05) is 0 Å². The van der Waals surface area contributed by atoms with Gasteiger partial charge in [-0.05, 0) is 24.8 Å². The number of nitrogens with two attached hydrogens (primary N) is 1. The van der Waals surface area contributed by atoms with Gasteiger partial charge in [-0.15, -0.1) is 0 Å². The zero-order valence-electron chi connectivity index (χ0n) is 10.9. The maximum absolute atomic E-state index is 6.06. The molecular weight excluding hydrogens is 194 g/mol. The van der Waals surface area contributed by atoms with Crippen LogP contribution in [0.5, 0.6) is 0 Å². The minimum absolute atomic E-state index is 0.287. The third kappa shape index (κ3) is 4.36. The van der Waals surface area contributed by atoms with Gasteiger partial charge in [0.2, 0.25) is 0 Å². The first-order valence-corrected chi connectivity index (χ1v) is 6.44. The lowest BCUT2D eigenvalue weighted by molar-refractivity contribution is 0.464. The van der Waals surface area contributed by atoms with Gasteiger partial charge in [-0.2, -0.15) is 0 Å². The van der Waals surface area contributed by atoms with E-state index in [1.165, 1.54) is 31.3 Å². The van der Waals surface area contributed by atoms with Gasteiger partial charge in [0.25, 0.3) is 0 Å². The van der Waals surface area contributed by atoms with E-state index in [0.717, 1.165) is 5.92 Å². The Morgan fingerprint density at radius 3 is 2.69 bits per heavy atom. The minimum atomic E-state index is -0.287. The van der Waals surface area contributed by atoms with Crippen LogP contribution < -0.4 is 5.73 Å². The normalized spacial score (nSPS) is 26.4. The fourth-order valence-electron chi connectivity index (χ4n) is 2.10. The van der Waals surface area contributed by atoms with E-state index in [1.54, 1.807) is 0 Å². The first-order valence-electron chi connectivity index (χ1n) is 6.44. The summed E-state index contributed by atoms with van der Waals surface area (Å²) in [5.74, 6) is 0.816. The molecule has 0 fully saturated rings. The predicted octanol–water partition coefficient (Wildman–Crippen LogP) is 3.97. The fraction of sp³-hybridized carbons (Fsp3) is 0.600. The molecule has 0 aromatic rings. The fourth-order valence-corrected chi connectivity index (χ4v) is 2.10. The van der Waals surface area contributed by atoms with Gasteiger partial charge in [0.05, 0.1) is 5.54 Å². The van der Waals surface area contributed by atoms with E-state index >= 15 is 0 Å². The summed E-state index contributed by atoms with van der Waals surface area (Å²) in [7, 11) is 0. The van der Waals surface area contributed by atoms with Crippen LogP contribution in [0.2, 0.25) is 0 Å². The molecule has 0 heterocycles. The number of allylic oxidation sites excluding steroid dienone is 4. The van der Waals surface area contributed by atoms with Crippen molar-refractivity contribution in [1.29, 1.82) is 0 Å². The number of rotatable bonds is 5. The van der Waals surface area contributed by atoms with Crippen molar-refractivity contribution in [3.63, 3.8) is 0 Å². The summed E-state index contributed by atoms with van der Waals surface area (Å²) in [6, 6.07) is 0. The maximum Gasteiger partial charge on any atom is 0.0502 e. The first-order chi connectivity index (χ1) is 7.57. The lowest BCUT2D eigenvalue weighted by atomic mass is 9.92. The molecule has 1 heteroatoms. The average molecular weight is 219 g/mol. The summed E-state index contributed by atoms with van der Waals surface area (Å²) in [6.07, 6.45) is 15.7. The third-order valence-electron chi connectivity index (χ3n) is 3.22. The molecule has 0 radical (unpaired) electrons. The highest BCUT2D eigenvalue weighted by molar-refractivity contribution is 5.33. The van der Waals surface area contributed by atoms with E-state index in [0.29, 0.717) is 0 Å². The highest BCUT2D eigenvalue weighted by Gasteiger charge is 2.12. The summed E-state index contributed by atoms with van der Waals surface area (Å²) >= 11 is 0. The molecule has 1 aliphatic carbocycles. The van der Waals surface area contributed by atoms with Crippen LogP contribution in [-0.2, 0) is 0 Å². The standard InChI is InChI=1S/C15H25N/c1-4-7-13(5-2)12-14-8-6-10-15(3,16)11-9-14/h6,8-11,13H,4-5,7,12,16H2,1-3H3. The summed E-state index contributed by atoms with van der Waals surface area (Å²) in [4.78, 5) is 0. The molecule has 2 N–H and O–H groups in total. The SMILES string of the molecule is CCCC(CC)CC1=CC=CC(C)(N)C=C1. The molecular formula is C15H25N. The van der Waals surface area contributed by atoms with E-state index in [4.69, 9.17) is 5.73 Å². The molecule has 0 amide bonds. The van der Waals surface area contributed by atoms with Gasteiger partial charge >= 0.3 is 0 Å². The Morgan fingerprint density at radius 2 is 2.06 bits per heavy atom. The second kappa shape index (κ2) is 6.05. The van der Waals surface area contributed by atoms with E-state index in [9.17, 15) is 0 Å². The van der Waals surface area contributed by atoms with Crippen molar-refractivity contribution in [2.45, 2.75) is 52.0 Å². The van der Waals surface area contributed by atoms with Gasteiger partial charge in [-0.25, -0.2) is 0 Å². The molecule has 0 bridgehead atoms. The zero-order chi connectivity index (χ0) is 12.0. The molecule has 0 saturated carbocycles. The van der Waals surface area contributed by atoms with Gasteiger partial charge in [0.1, 0.15) is 0 Å². The molecule has 0 aromatic carbocycles. The average Bonchev–Trinajstić information content (AvgIpc) is 2.40. The largest absolute Gasteiger partial charge is 0.319 e. The molecule has 2 atom stereocenters. The Morgan fingerprint density at radius 1 is 1.31 bits per heavy atom. The van der Waals surface area contributed by atoms with Crippen molar-refractivity contribution in [2.24, 2.45) is 11.7 Å². The molecule has 1 nitrogen and oxygen atoms in total. The van der Waals surface area contributed by atoms with Gasteiger partial charge < -0.3 is 5.73 Å². The number of hydrogen-bond acceptors (Lipinski definition) is 1. The molecule has 2 unspecified atom stereocenters. The topological polar surface area (TPSA) is 26.0 Å². The summed E-state index contributed by atoms with van der Waals surface area (Å²) in [5, 5.41) is 0. The Hall–Kier alpha value is -0.820. The molecule has 0 spiro atoms. The van der Waals surface area contributed by atoms with Crippen molar-refractivity contribution < 1.29 is 0 Å². The molecule has 0 aromatic heterocycles. The van der Waals surface area contributed by atoms with Crippen LogP contribution in [0.4, 0.5) is 0 Å². The monoisotopic (exact) mass is 219 g/mol. The predicted molar refractivity (Wildman–Crippen MR) is 72.3 cm³/mol. The van der Waals surface area contributed by atoms with Gasteiger partial charge in [0.15, 0.2) is 0 Å². The second-order valence-corrected chi connectivity index (χ2v) is 5.07. The molecule has 16 heavy (non-hydrogen) atoms. The van der Waals surface area contributed by atoms with Crippen LogP contribution in [0, 0.1) is 5.92 Å². The van der Waals surface area contributed by atoms with Crippen LogP contribution >= 0.6 is 0 Å². The van der Waals surface area contributed by atoms with Crippen LogP contribution in [0.3, 0.4) is 0 Å². The van der Waals surface area contributed by atoms with Crippen LogP contribution in [0.1, 0.15) is 46.5 Å². The van der Waals surface area contributed by atoms with Crippen LogP contribution in [0.25, 0.3) is 0 Å². The minimum Gasteiger partial charge on any atom is -0.319 e. The quantitative estimate of drug-likeness (QED) is 0.744. The van der Waals surface area contributed by atoms with Crippen molar-refractivity contribution in [1.82, 2.24) is 0 Å². The van der Waals surface area contributed by atoms with E-state index in [1.807, 2.05) is 6.92 Å². The van der Waals surface area contributed by atoms with Gasteiger partial charge in [-0.3, -0.25) is 0 Å². The molecule has 90 valence electrons. The summed E-state index contributed by atoms with van der Waals surface area (Å²) in [5.41, 5.74) is 7.18. The van der Waals surface area contributed by atoms with Crippen LogP contribution in [-0.4, -0.2) is 5.54 Å². The van der Waals surface area contributed by atoms with E-state index in [-0.39, 0.29) is 5.54 Å². The lowest BCUT2D eigenvalue weighted by Crippen LogP contribution is -2.30. The Bertz CT molecular complexity index is 295. The van der Waals surface area contributed by atoms with E-state index in [2.05, 4.69) is 44.2 Å². The Balaban J connectivity index is 2.62. The molecule has 0 saturated heterocycles. The summed E-state index contributed by atoms with van der Waals surface area (Å²) < 4.78 is 0. The smallest absolute Gasteiger partial charge is 0.0502 e. The van der Waals surface area contributed by atoms with Crippen molar-refractivity contribution >= 4 is 0 Å². The molecule has 1 rings (SSSR count). The third-order valence-corrected chi connectivity index (χ3v) is 3.22. The lowest BCUT2D eigenvalue weighted by Gasteiger charge is -2.15.